The van der Waals surface area contributed by atoms with Crippen LogP contribution in [0, 0.1) is 11.6 Å². The first-order valence-electron chi connectivity index (χ1n) is 8.90. The number of esters is 1. The number of halogens is 2. The van der Waals surface area contributed by atoms with Crippen LogP contribution in [0.15, 0.2) is 29.3 Å². The lowest BCUT2D eigenvalue weighted by molar-refractivity contribution is -0.150. The van der Waals surface area contributed by atoms with Crippen molar-refractivity contribution in [3.63, 3.8) is 0 Å². The number of anilines is 1. The van der Waals surface area contributed by atoms with Crippen LogP contribution in [0.3, 0.4) is 0 Å². The highest BCUT2D eigenvalue weighted by molar-refractivity contribution is 6.12. The van der Waals surface area contributed by atoms with Crippen LogP contribution in [0.2, 0.25) is 0 Å². The van der Waals surface area contributed by atoms with Crippen molar-refractivity contribution in [2.75, 3.05) is 25.0 Å². The fourth-order valence-electron chi connectivity index (χ4n) is 3.52. The van der Waals surface area contributed by atoms with Gasteiger partial charge in [0.2, 0.25) is 0 Å². The topological polar surface area (TPSA) is 84.9 Å². The number of hydrogen-bond donors (Lipinski definition) is 1. The minimum absolute atomic E-state index is 0.102. The molecule has 1 saturated heterocycles. The summed E-state index contributed by atoms with van der Waals surface area (Å²) in [5.74, 6) is -3.02. The Morgan fingerprint density at radius 1 is 1.29 bits per heavy atom. The van der Waals surface area contributed by atoms with Gasteiger partial charge in [-0.2, -0.15) is 0 Å². The lowest BCUT2D eigenvalue weighted by Gasteiger charge is -2.38. The maximum Gasteiger partial charge on any atom is 0.409 e. The van der Waals surface area contributed by atoms with Crippen LogP contribution in [-0.4, -0.2) is 48.2 Å². The Kier molecular flexibility index (Phi) is 5.35. The zero-order valence-electron chi connectivity index (χ0n) is 15.5. The van der Waals surface area contributed by atoms with Crippen molar-refractivity contribution < 1.29 is 32.6 Å². The van der Waals surface area contributed by atoms with E-state index >= 15 is 0 Å². The van der Waals surface area contributed by atoms with E-state index in [1.54, 1.807) is 6.92 Å². The Balaban J connectivity index is 1.81. The van der Waals surface area contributed by atoms with Gasteiger partial charge in [0.1, 0.15) is 17.2 Å². The first-order valence-corrected chi connectivity index (χ1v) is 8.90. The number of ether oxygens (including phenoxy) is 2. The van der Waals surface area contributed by atoms with Gasteiger partial charge in [0.15, 0.2) is 0 Å². The smallest absolute Gasteiger partial charge is 0.409 e. The third-order valence-corrected chi connectivity index (χ3v) is 4.93. The van der Waals surface area contributed by atoms with Crippen molar-refractivity contribution in [3.8, 4) is 0 Å². The molecule has 9 heteroatoms. The molecule has 0 bridgehead atoms. The second-order valence-corrected chi connectivity index (χ2v) is 6.65. The number of amides is 2. The molecule has 0 radical (unpaired) electrons. The average Bonchev–Trinajstić information content (AvgIpc) is 2.88. The van der Waals surface area contributed by atoms with Gasteiger partial charge in [-0.05, 0) is 26.0 Å². The van der Waals surface area contributed by atoms with Gasteiger partial charge in [0.05, 0.1) is 17.9 Å². The molecule has 2 aliphatic heterocycles. The Labute approximate surface area is 160 Å². The summed E-state index contributed by atoms with van der Waals surface area (Å²) < 4.78 is 37.4. The Morgan fingerprint density at radius 2 is 1.96 bits per heavy atom. The van der Waals surface area contributed by atoms with Crippen LogP contribution in [0.4, 0.5) is 19.3 Å². The lowest BCUT2D eigenvalue weighted by Crippen LogP contribution is -2.49. The van der Waals surface area contributed by atoms with Gasteiger partial charge in [-0.25, -0.2) is 18.4 Å². The molecule has 0 aliphatic carbocycles. The molecule has 2 heterocycles. The molecule has 7 nitrogen and oxygen atoms in total. The predicted molar refractivity (Wildman–Crippen MR) is 94.3 cm³/mol. The lowest BCUT2D eigenvalue weighted by atomic mass is 9.83. The number of rotatable bonds is 3. The second kappa shape index (κ2) is 7.57. The molecule has 2 amide bonds. The largest absolute Gasteiger partial charge is 0.450 e. The number of carbonyl (C=O) groups excluding carboxylic acids is 3. The number of nitrogens with one attached hydrogen (secondary N) is 1. The Hall–Kier alpha value is -2.97. The molecule has 3 rings (SSSR count). The average molecular weight is 394 g/mol. The minimum Gasteiger partial charge on any atom is -0.450 e. The molecule has 0 saturated carbocycles. The number of benzene rings is 1. The summed E-state index contributed by atoms with van der Waals surface area (Å²) in [5.41, 5.74) is -1.16. The van der Waals surface area contributed by atoms with Crippen molar-refractivity contribution in [2.24, 2.45) is 0 Å². The molecule has 150 valence electrons. The monoisotopic (exact) mass is 394 g/mol. The van der Waals surface area contributed by atoms with Crippen LogP contribution in [0.1, 0.15) is 26.7 Å². The van der Waals surface area contributed by atoms with E-state index in [-0.39, 0.29) is 49.4 Å². The first kappa shape index (κ1) is 19.8. The van der Waals surface area contributed by atoms with E-state index in [1.807, 2.05) is 0 Å². The molecular formula is C19H20F2N2O5. The number of hydrogen-bond acceptors (Lipinski definition) is 5. The van der Waals surface area contributed by atoms with E-state index < -0.39 is 35.2 Å². The number of nitrogens with zero attached hydrogens (tertiary/aromatic N) is 1. The van der Waals surface area contributed by atoms with Gasteiger partial charge in [-0.1, -0.05) is 0 Å². The van der Waals surface area contributed by atoms with E-state index in [4.69, 9.17) is 9.47 Å². The van der Waals surface area contributed by atoms with Crippen molar-refractivity contribution in [2.45, 2.75) is 32.3 Å². The van der Waals surface area contributed by atoms with E-state index in [1.165, 1.54) is 11.8 Å². The number of carbonyl (C=O) groups is 3. The van der Waals surface area contributed by atoms with Crippen LogP contribution in [0.25, 0.3) is 0 Å². The summed E-state index contributed by atoms with van der Waals surface area (Å²) >= 11 is 0. The molecule has 1 aromatic rings. The maximum absolute atomic E-state index is 13.9. The predicted octanol–water partition coefficient (Wildman–Crippen LogP) is 2.77. The van der Waals surface area contributed by atoms with Gasteiger partial charge >= 0.3 is 12.1 Å². The fraction of sp³-hybridized carbons (Fsp3) is 0.421. The molecule has 28 heavy (non-hydrogen) atoms. The molecule has 1 aromatic carbocycles. The van der Waals surface area contributed by atoms with Crippen molar-refractivity contribution in [1.29, 1.82) is 0 Å². The maximum atomic E-state index is 13.9. The van der Waals surface area contributed by atoms with Gasteiger partial charge < -0.3 is 19.7 Å². The second-order valence-electron chi connectivity index (χ2n) is 6.65. The molecule has 1 spiro atoms. The van der Waals surface area contributed by atoms with Crippen molar-refractivity contribution in [3.05, 3.63) is 41.0 Å². The quantitative estimate of drug-likeness (QED) is 0.797. The molecule has 1 N–H and O–H groups in total. The van der Waals surface area contributed by atoms with Crippen molar-refractivity contribution in [1.82, 2.24) is 4.90 Å². The highest BCUT2D eigenvalue weighted by Gasteiger charge is 2.51. The first-order chi connectivity index (χ1) is 13.3. The molecule has 1 fully saturated rings. The van der Waals surface area contributed by atoms with Crippen molar-refractivity contribution >= 4 is 23.7 Å². The highest BCUT2D eigenvalue weighted by Crippen LogP contribution is 2.41. The summed E-state index contributed by atoms with van der Waals surface area (Å²) in [4.78, 5) is 38.3. The highest BCUT2D eigenvalue weighted by atomic mass is 19.1. The molecule has 2 aliphatic rings. The summed E-state index contributed by atoms with van der Waals surface area (Å²) in [6, 6.07) is 2.77. The number of piperidine rings is 1. The van der Waals surface area contributed by atoms with Gasteiger partial charge in [-0.15, -0.1) is 0 Å². The molecular weight excluding hydrogens is 374 g/mol. The third-order valence-electron chi connectivity index (χ3n) is 4.93. The van der Waals surface area contributed by atoms with Crippen LogP contribution >= 0.6 is 0 Å². The molecule has 0 unspecified atom stereocenters. The fourth-order valence-corrected chi connectivity index (χ4v) is 3.52. The third kappa shape index (κ3) is 3.56. The Morgan fingerprint density at radius 3 is 2.57 bits per heavy atom. The zero-order valence-corrected chi connectivity index (χ0v) is 15.5. The van der Waals surface area contributed by atoms with Gasteiger partial charge in [0.25, 0.3) is 5.91 Å². The molecule has 0 aromatic heterocycles. The SMILES string of the molecule is CCOC(=O)N1CCC2(CC1)OC(=O)C(C)=C2C(=O)Nc1ccc(F)cc1F. The van der Waals surface area contributed by atoms with Gasteiger partial charge in [-0.3, -0.25) is 4.79 Å². The summed E-state index contributed by atoms with van der Waals surface area (Å²) in [6.07, 6.45) is -0.0469. The normalized spacial score (nSPS) is 18.3. The van der Waals surface area contributed by atoms with E-state index in [2.05, 4.69) is 5.32 Å². The van der Waals surface area contributed by atoms with E-state index in [9.17, 15) is 23.2 Å². The Bertz CT molecular complexity index is 860. The van der Waals surface area contributed by atoms with Crippen LogP contribution in [0.5, 0.6) is 0 Å². The minimum atomic E-state index is -1.19. The van der Waals surface area contributed by atoms with E-state index in [0.717, 1.165) is 12.1 Å². The number of likely N-dealkylation sites (tertiary alicyclic amines) is 1. The summed E-state index contributed by atoms with van der Waals surface area (Å²) in [5, 5.41) is 2.38. The van der Waals surface area contributed by atoms with Gasteiger partial charge in [0, 0.05) is 37.6 Å². The standard InChI is InChI=1S/C19H20F2N2O5/c1-3-27-18(26)23-8-6-19(7-9-23)15(11(2)17(25)28-19)16(24)22-14-5-4-12(20)10-13(14)21/h4-5,10H,3,6-9H2,1-2H3,(H,22,24). The molecule has 0 atom stereocenters. The van der Waals surface area contributed by atoms with Crippen LogP contribution < -0.4 is 5.32 Å². The zero-order chi connectivity index (χ0) is 20.5. The van der Waals surface area contributed by atoms with Crippen LogP contribution in [-0.2, 0) is 19.1 Å². The summed E-state index contributed by atoms with van der Waals surface area (Å²) in [7, 11) is 0. The summed E-state index contributed by atoms with van der Waals surface area (Å²) in [6.45, 7) is 3.88. The van der Waals surface area contributed by atoms with E-state index in [0.29, 0.717) is 6.07 Å².